The van der Waals surface area contributed by atoms with Crippen molar-refractivity contribution in [3.05, 3.63) is 29.8 Å². The smallest absolute Gasteiger partial charge is 0.124 e. The fourth-order valence-corrected chi connectivity index (χ4v) is 3.90. The molecule has 1 aliphatic heterocycles. The molecule has 1 aromatic carbocycles. The van der Waals surface area contributed by atoms with Crippen molar-refractivity contribution >= 4 is 12.4 Å². The van der Waals surface area contributed by atoms with E-state index in [4.69, 9.17) is 9.47 Å². The molecule has 1 heterocycles. The van der Waals surface area contributed by atoms with Gasteiger partial charge >= 0.3 is 0 Å². The molecular formula is C18H29ClN2O3. The van der Waals surface area contributed by atoms with Gasteiger partial charge in [0.05, 0.1) is 26.4 Å². The van der Waals surface area contributed by atoms with Crippen LogP contribution in [0.3, 0.4) is 0 Å². The molecule has 0 radical (unpaired) electrons. The van der Waals surface area contributed by atoms with Crippen LogP contribution in [0.5, 0.6) is 5.75 Å². The van der Waals surface area contributed by atoms with Gasteiger partial charge in [-0.25, -0.2) is 0 Å². The molecule has 3 rings (SSSR count). The SMILES string of the molecule is COc1ccccc1C(O)CNC1CCCC1C1COCCN1.Cl. The summed E-state index contributed by atoms with van der Waals surface area (Å²) >= 11 is 0. The summed E-state index contributed by atoms with van der Waals surface area (Å²) in [5.41, 5.74) is 0.844. The van der Waals surface area contributed by atoms with Crippen molar-refractivity contribution in [3.8, 4) is 5.75 Å². The van der Waals surface area contributed by atoms with Gasteiger partial charge < -0.3 is 25.2 Å². The number of methoxy groups -OCH3 is 1. The third kappa shape index (κ3) is 4.61. The molecule has 24 heavy (non-hydrogen) atoms. The Morgan fingerprint density at radius 3 is 2.96 bits per heavy atom. The first-order valence-electron chi connectivity index (χ1n) is 8.65. The van der Waals surface area contributed by atoms with E-state index in [2.05, 4.69) is 10.6 Å². The number of aliphatic hydroxyl groups is 1. The van der Waals surface area contributed by atoms with Crippen molar-refractivity contribution in [3.63, 3.8) is 0 Å². The highest BCUT2D eigenvalue weighted by molar-refractivity contribution is 5.85. The summed E-state index contributed by atoms with van der Waals surface area (Å²) in [6, 6.07) is 8.55. The number of nitrogens with one attached hydrogen (secondary N) is 2. The van der Waals surface area contributed by atoms with Gasteiger partial charge in [-0.15, -0.1) is 12.4 Å². The lowest BCUT2D eigenvalue weighted by molar-refractivity contribution is 0.0512. The zero-order valence-electron chi connectivity index (χ0n) is 14.2. The second-order valence-corrected chi connectivity index (χ2v) is 6.50. The van der Waals surface area contributed by atoms with Gasteiger partial charge in [0.1, 0.15) is 5.75 Å². The lowest BCUT2D eigenvalue weighted by Gasteiger charge is -2.33. The number of rotatable bonds is 6. The molecule has 1 saturated heterocycles. The molecule has 4 atom stereocenters. The topological polar surface area (TPSA) is 62.8 Å². The van der Waals surface area contributed by atoms with Gasteiger partial charge in [0.15, 0.2) is 0 Å². The summed E-state index contributed by atoms with van der Waals surface area (Å²) in [5.74, 6) is 1.33. The molecule has 0 aromatic heterocycles. The summed E-state index contributed by atoms with van der Waals surface area (Å²) in [6.07, 6.45) is 3.08. The molecule has 1 aromatic rings. The first kappa shape index (κ1) is 19.5. The number of halogens is 1. The fraction of sp³-hybridized carbons (Fsp3) is 0.667. The maximum atomic E-state index is 10.5. The third-order valence-corrected chi connectivity index (χ3v) is 5.11. The van der Waals surface area contributed by atoms with Crippen molar-refractivity contribution in [2.24, 2.45) is 5.92 Å². The van der Waals surface area contributed by atoms with Crippen molar-refractivity contribution in [1.82, 2.24) is 10.6 Å². The van der Waals surface area contributed by atoms with Crippen molar-refractivity contribution in [2.75, 3.05) is 33.4 Å². The maximum absolute atomic E-state index is 10.5. The Morgan fingerprint density at radius 1 is 1.38 bits per heavy atom. The van der Waals surface area contributed by atoms with E-state index in [0.29, 0.717) is 24.5 Å². The molecular weight excluding hydrogens is 328 g/mol. The number of morpholine rings is 1. The Hall–Kier alpha value is -0.850. The highest BCUT2D eigenvalue weighted by Gasteiger charge is 2.34. The predicted molar refractivity (Wildman–Crippen MR) is 96.9 cm³/mol. The number of ether oxygens (including phenoxy) is 2. The summed E-state index contributed by atoms with van der Waals surface area (Å²) in [7, 11) is 1.64. The lowest BCUT2D eigenvalue weighted by atomic mass is 9.93. The molecule has 0 spiro atoms. The van der Waals surface area contributed by atoms with Crippen LogP contribution in [0.15, 0.2) is 24.3 Å². The van der Waals surface area contributed by atoms with E-state index in [9.17, 15) is 5.11 Å². The van der Waals surface area contributed by atoms with E-state index in [1.165, 1.54) is 19.3 Å². The van der Waals surface area contributed by atoms with Gasteiger partial charge in [-0.3, -0.25) is 0 Å². The Kier molecular flexibility index (Phi) is 7.78. The van der Waals surface area contributed by atoms with E-state index in [-0.39, 0.29) is 12.4 Å². The summed E-state index contributed by atoms with van der Waals surface area (Å²) < 4.78 is 11.0. The Bertz CT molecular complexity index is 497. The highest BCUT2D eigenvalue weighted by Crippen LogP contribution is 2.30. The zero-order valence-corrected chi connectivity index (χ0v) is 15.1. The Morgan fingerprint density at radius 2 is 2.21 bits per heavy atom. The number of aliphatic hydroxyl groups excluding tert-OH is 1. The molecule has 3 N–H and O–H groups in total. The number of hydrogen-bond donors (Lipinski definition) is 3. The monoisotopic (exact) mass is 356 g/mol. The minimum Gasteiger partial charge on any atom is -0.496 e. The predicted octanol–water partition coefficient (Wildman–Crippen LogP) is 1.90. The van der Waals surface area contributed by atoms with Gasteiger partial charge in [-0.05, 0) is 24.8 Å². The second-order valence-electron chi connectivity index (χ2n) is 6.50. The average molecular weight is 357 g/mol. The molecule has 0 amide bonds. The molecule has 1 aliphatic carbocycles. The molecule has 136 valence electrons. The van der Waals surface area contributed by atoms with Crippen LogP contribution in [-0.2, 0) is 4.74 Å². The van der Waals surface area contributed by atoms with E-state index < -0.39 is 6.10 Å². The van der Waals surface area contributed by atoms with Crippen LogP contribution in [0.2, 0.25) is 0 Å². The maximum Gasteiger partial charge on any atom is 0.124 e. The van der Waals surface area contributed by atoms with Crippen LogP contribution in [0, 0.1) is 5.92 Å². The zero-order chi connectivity index (χ0) is 16.1. The van der Waals surface area contributed by atoms with E-state index >= 15 is 0 Å². The van der Waals surface area contributed by atoms with Crippen LogP contribution in [0.1, 0.15) is 30.9 Å². The third-order valence-electron chi connectivity index (χ3n) is 5.11. The van der Waals surface area contributed by atoms with Gasteiger partial charge in [-0.2, -0.15) is 0 Å². The molecule has 2 fully saturated rings. The van der Waals surface area contributed by atoms with Crippen molar-refractivity contribution in [1.29, 1.82) is 0 Å². The van der Waals surface area contributed by atoms with Crippen molar-refractivity contribution in [2.45, 2.75) is 37.5 Å². The highest BCUT2D eigenvalue weighted by atomic mass is 35.5. The van der Waals surface area contributed by atoms with Crippen molar-refractivity contribution < 1.29 is 14.6 Å². The molecule has 1 saturated carbocycles. The first-order valence-corrected chi connectivity index (χ1v) is 8.65. The number of benzene rings is 1. The van der Waals surface area contributed by atoms with Gasteiger partial charge in [0, 0.05) is 30.7 Å². The number of hydrogen-bond acceptors (Lipinski definition) is 5. The minimum atomic E-state index is -0.553. The summed E-state index contributed by atoms with van der Waals surface area (Å²) in [4.78, 5) is 0. The van der Waals surface area contributed by atoms with E-state index in [1.54, 1.807) is 7.11 Å². The van der Waals surface area contributed by atoms with Crippen LogP contribution in [0.25, 0.3) is 0 Å². The van der Waals surface area contributed by atoms with E-state index in [1.807, 2.05) is 24.3 Å². The molecule has 2 aliphatic rings. The van der Waals surface area contributed by atoms with Gasteiger partial charge in [-0.1, -0.05) is 24.6 Å². The number of para-hydroxylation sites is 1. The molecule has 5 nitrogen and oxygen atoms in total. The van der Waals surface area contributed by atoms with E-state index in [0.717, 1.165) is 31.1 Å². The molecule has 4 unspecified atom stereocenters. The Labute approximate surface area is 150 Å². The quantitative estimate of drug-likeness (QED) is 0.726. The van der Waals surface area contributed by atoms with Crippen LogP contribution in [0.4, 0.5) is 0 Å². The normalized spacial score (nSPS) is 28.2. The first-order chi connectivity index (χ1) is 11.3. The van der Waals surface area contributed by atoms with Crippen LogP contribution >= 0.6 is 12.4 Å². The second kappa shape index (κ2) is 9.59. The summed E-state index contributed by atoms with van der Waals surface area (Å²) in [5, 5.41) is 17.7. The molecule has 6 heteroatoms. The van der Waals surface area contributed by atoms with Gasteiger partial charge in [0.25, 0.3) is 0 Å². The van der Waals surface area contributed by atoms with Crippen LogP contribution in [-0.4, -0.2) is 50.6 Å². The largest absolute Gasteiger partial charge is 0.496 e. The molecule has 0 bridgehead atoms. The minimum absolute atomic E-state index is 0. The fourth-order valence-electron chi connectivity index (χ4n) is 3.90. The van der Waals surface area contributed by atoms with Gasteiger partial charge in [0.2, 0.25) is 0 Å². The van der Waals surface area contributed by atoms with Crippen LogP contribution < -0.4 is 15.4 Å². The average Bonchev–Trinajstić information content (AvgIpc) is 3.09. The lowest BCUT2D eigenvalue weighted by Crippen LogP contribution is -2.51. The Balaban J connectivity index is 0.00000208. The standard InChI is InChI=1S/C18H28N2O3.ClH/c1-22-18-8-3-2-5-14(18)17(21)11-20-15-7-4-6-13(15)16-12-23-10-9-19-16;/h2-3,5,8,13,15-17,19-21H,4,6-7,9-12H2,1H3;1H. The summed E-state index contributed by atoms with van der Waals surface area (Å²) in [6.45, 7) is 3.11.